The molecule has 0 saturated carbocycles. The van der Waals surface area contributed by atoms with Crippen LogP contribution in [0.1, 0.15) is 0 Å². The highest BCUT2D eigenvalue weighted by Gasteiger charge is 2.43. The zero-order chi connectivity index (χ0) is 14.9. The number of aliphatic hydroxyl groups excluding tert-OH is 4. The first-order valence-corrected chi connectivity index (χ1v) is 7.50. The van der Waals surface area contributed by atoms with Crippen LogP contribution in [0, 0.1) is 0 Å². The minimum Gasteiger partial charge on any atom is -0.394 e. The lowest BCUT2D eigenvalue weighted by molar-refractivity contribution is -0.205. The number of thioether (sulfide) groups is 1. The maximum Gasteiger partial charge on any atom is 0.136 e. The van der Waals surface area contributed by atoms with Crippen LogP contribution in [0.4, 0.5) is 0 Å². The Morgan fingerprint density at radius 2 is 1.80 bits per heavy atom. The van der Waals surface area contributed by atoms with Crippen LogP contribution in [-0.2, 0) is 4.74 Å². The summed E-state index contributed by atoms with van der Waals surface area (Å²) in [7, 11) is 0. The molecule has 5 atom stereocenters. The molecule has 0 bridgehead atoms. The minimum absolute atomic E-state index is 0.427. The Bertz CT molecular complexity index is 473. The molecule has 1 heterocycles. The fourth-order valence-electron chi connectivity index (χ4n) is 1.86. The molecule has 8 heteroatoms. The normalized spacial score (nSPS) is 34.2. The van der Waals surface area contributed by atoms with Gasteiger partial charge >= 0.3 is 0 Å². The van der Waals surface area contributed by atoms with Crippen molar-refractivity contribution in [2.75, 3.05) is 6.61 Å². The fourth-order valence-corrected chi connectivity index (χ4v) is 3.47. The highest BCUT2D eigenvalue weighted by atomic mass is 35.5. The van der Waals surface area contributed by atoms with Gasteiger partial charge in [0.2, 0.25) is 0 Å². The van der Waals surface area contributed by atoms with Crippen molar-refractivity contribution >= 4 is 35.0 Å². The molecule has 1 saturated heterocycles. The van der Waals surface area contributed by atoms with Crippen LogP contribution in [-0.4, -0.2) is 56.9 Å². The van der Waals surface area contributed by atoms with Gasteiger partial charge in [-0.15, -0.1) is 0 Å². The molecule has 1 aliphatic rings. The zero-order valence-corrected chi connectivity index (χ0v) is 12.5. The number of ether oxygens (including phenoxy) is 1. The van der Waals surface area contributed by atoms with E-state index >= 15 is 0 Å². The van der Waals surface area contributed by atoms with Crippen molar-refractivity contribution in [1.82, 2.24) is 0 Å². The van der Waals surface area contributed by atoms with E-state index in [0.717, 1.165) is 11.8 Å². The molecule has 0 spiro atoms. The molecule has 0 amide bonds. The molecular weight excluding hydrogens is 327 g/mol. The highest BCUT2D eigenvalue weighted by Crippen LogP contribution is 2.37. The molecule has 2 rings (SSSR count). The number of aliphatic hydroxyl groups is 4. The van der Waals surface area contributed by atoms with Crippen LogP contribution in [0.15, 0.2) is 23.1 Å². The summed E-state index contributed by atoms with van der Waals surface area (Å²) in [5.41, 5.74) is -0.874. The number of halogens is 2. The van der Waals surface area contributed by atoms with Crippen molar-refractivity contribution < 1.29 is 25.2 Å². The molecule has 112 valence electrons. The second-order valence-corrected chi connectivity index (χ2v) is 6.37. The first kappa shape index (κ1) is 16.3. The number of hydrogen-bond donors (Lipinski definition) is 4. The fraction of sp³-hybridized carbons (Fsp3) is 0.500. The quantitative estimate of drug-likeness (QED) is 0.653. The third-order valence-electron chi connectivity index (χ3n) is 2.98. The largest absolute Gasteiger partial charge is 0.394 e. The van der Waals surface area contributed by atoms with Crippen molar-refractivity contribution in [3.63, 3.8) is 0 Å². The molecule has 5 nitrogen and oxygen atoms in total. The highest BCUT2D eigenvalue weighted by molar-refractivity contribution is 8.00. The Balaban J connectivity index is 2.17. The van der Waals surface area contributed by atoms with Crippen molar-refractivity contribution in [3.8, 4) is 0 Å². The van der Waals surface area contributed by atoms with Crippen LogP contribution in [0.25, 0.3) is 0 Å². The predicted octanol–water partition coefficient (Wildman–Crippen LogP) is 0.885. The summed E-state index contributed by atoms with van der Waals surface area (Å²) < 4.78 is 5.38. The molecule has 0 aromatic heterocycles. The van der Waals surface area contributed by atoms with Crippen LogP contribution in [0.3, 0.4) is 0 Å². The Labute approximate surface area is 130 Å². The maximum absolute atomic E-state index is 9.93. The Morgan fingerprint density at radius 3 is 2.45 bits per heavy atom. The van der Waals surface area contributed by atoms with Gasteiger partial charge in [0, 0.05) is 9.92 Å². The van der Waals surface area contributed by atoms with Crippen LogP contribution in [0.5, 0.6) is 0 Å². The van der Waals surface area contributed by atoms with Gasteiger partial charge in [0.05, 0.1) is 11.6 Å². The Hall–Kier alpha value is -0.0500. The summed E-state index contributed by atoms with van der Waals surface area (Å²) in [6, 6.07) is 4.84. The number of benzene rings is 1. The molecule has 0 unspecified atom stereocenters. The summed E-state index contributed by atoms with van der Waals surface area (Å²) in [6.45, 7) is -0.467. The van der Waals surface area contributed by atoms with E-state index in [-0.39, 0.29) is 0 Å². The van der Waals surface area contributed by atoms with E-state index < -0.39 is 36.5 Å². The second-order valence-electron chi connectivity index (χ2n) is 4.39. The van der Waals surface area contributed by atoms with Crippen molar-refractivity contribution in [3.05, 3.63) is 28.2 Å². The molecule has 1 aromatic rings. The van der Waals surface area contributed by atoms with E-state index in [2.05, 4.69) is 0 Å². The van der Waals surface area contributed by atoms with E-state index in [9.17, 15) is 15.3 Å². The van der Waals surface area contributed by atoms with Gasteiger partial charge in [-0.25, -0.2) is 0 Å². The summed E-state index contributed by atoms with van der Waals surface area (Å²) in [6.07, 6.45) is -5.03. The van der Waals surface area contributed by atoms with Gasteiger partial charge in [-0.3, -0.25) is 0 Å². The second kappa shape index (κ2) is 6.81. The molecule has 0 aliphatic carbocycles. The molecular formula is C12H14Cl2O5S. The standard InChI is InChI=1S/C12H14Cl2O5S/c13-5-1-2-6(14)8(3-5)20-12-11(18)10(17)9(16)7(4-15)19-12/h1-3,7,9-12,15-18H,4H2/t7-,9+,10+,11+,12-/m0/s1. The third-order valence-corrected chi connectivity index (χ3v) is 4.88. The molecule has 1 fully saturated rings. The van der Waals surface area contributed by atoms with Gasteiger partial charge < -0.3 is 25.2 Å². The topological polar surface area (TPSA) is 90.2 Å². The Kier molecular flexibility index (Phi) is 5.56. The predicted molar refractivity (Wildman–Crippen MR) is 76.1 cm³/mol. The van der Waals surface area contributed by atoms with Crippen molar-refractivity contribution in [1.29, 1.82) is 0 Å². The van der Waals surface area contributed by atoms with Crippen LogP contribution < -0.4 is 0 Å². The first-order chi connectivity index (χ1) is 9.43. The smallest absolute Gasteiger partial charge is 0.136 e. The summed E-state index contributed by atoms with van der Waals surface area (Å²) in [5, 5.41) is 39.3. The van der Waals surface area contributed by atoms with Gasteiger partial charge in [0.1, 0.15) is 29.9 Å². The lowest BCUT2D eigenvalue weighted by atomic mass is 10.0. The number of hydrogen-bond acceptors (Lipinski definition) is 6. The average molecular weight is 341 g/mol. The first-order valence-electron chi connectivity index (χ1n) is 5.86. The van der Waals surface area contributed by atoms with Gasteiger partial charge in [0.25, 0.3) is 0 Å². The molecule has 1 aliphatic heterocycles. The van der Waals surface area contributed by atoms with E-state index in [1.807, 2.05) is 0 Å². The number of rotatable bonds is 3. The molecule has 0 radical (unpaired) electrons. The maximum atomic E-state index is 9.93. The van der Waals surface area contributed by atoms with Crippen LogP contribution in [0.2, 0.25) is 10.0 Å². The summed E-state index contributed by atoms with van der Waals surface area (Å²) in [5.74, 6) is 0. The molecule has 1 aromatic carbocycles. The van der Waals surface area contributed by atoms with Crippen molar-refractivity contribution in [2.45, 2.75) is 34.7 Å². The van der Waals surface area contributed by atoms with Gasteiger partial charge in [-0.2, -0.15) is 0 Å². The summed E-state index contributed by atoms with van der Waals surface area (Å²) in [4.78, 5) is 0.573. The third kappa shape index (κ3) is 3.40. The molecule has 4 N–H and O–H groups in total. The Morgan fingerprint density at radius 1 is 1.10 bits per heavy atom. The zero-order valence-electron chi connectivity index (χ0n) is 10.2. The lowest BCUT2D eigenvalue weighted by Gasteiger charge is -2.39. The van der Waals surface area contributed by atoms with Gasteiger partial charge in [-0.05, 0) is 18.2 Å². The van der Waals surface area contributed by atoms with Crippen molar-refractivity contribution in [2.24, 2.45) is 0 Å². The van der Waals surface area contributed by atoms with E-state index in [4.69, 9.17) is 33.0 Å². The van der Waals surface area contributed by atoms with Gasteiger partial charge in [0.15, 0.2) is 0 Å². The van der Waals surface area contributed by atoms with E-state index in [1.54, 1.807) is 18.2 Å². The van der Waals surface area contributed by atoms with E-state index in [0.29, 0.717) is 14.9 Å². The monoisotopic (exact) mass is 340 g/mol. The van der Waals surface area contributed by atoms with Crippen LogP contribution >= 0.6 is 35.0 Å². The van der Waals surface area contributed by atoms with Gasteiger partial charge in [-0.1, -0.05) is 35.0 Å². The van der Waals surface area contributed by atoms with E-state index in [1.165, 1.54) is 0 Å². The lowest BCUT2D eigenvalue weighted by Crippen LogP contribution is -2.57. The average Bonchev–Trinajstić information content (AvgIpc) is 2.43. The molecule has 20 heavy (non-hydrogen) atoms. The minimum atomic E-state index is -1.41. The summed E-state index contributed by atoms with van der Waals surface area (Å²) >= 11 is 13.0. The SMILES string of the molecule is OC[C@@H]1O[C@@H](Sc2cc(Cl)ccc2Cl)[C@H](O)[C@H](O)[C@@H]1O.